The van der Waals surface area contributed by atoms with Gasteiger partial charge in [-0.3, -0.25) is 38.1 Å². The van der Waals surface area contributed by atoms with Crippen molar-refractivity contribution in [1.29, 1.82) is 0 Å². The number of carboxylic acids is 2. The SMILES string of the molecule is CCCCC[N+]1=C(/C=C/C2=C(Oc3ccc(CCNC(=O)[C@H](CCCN=C(N)N)CC(=O)[C@H](Cc4ccccc4)NC(=O)CCCCCCCCC(=O)CCCNC(=O)N[C@H](CCC(=O)O)C(=O)O)cc3)C(=C/C=C3/N(CCCC)c4ccc(S(=O)(=O)O)cc4C3(C)C)/CCC2)C(C)(C)c2cc(S(=O)(=O)O)ccc21.O=C=O.O=C=O.O=S(=O)=O. The van der Waals surface area contributed by atoms with E-state index in [0.717, 1.165) is 120 Å². The van der Waals surface area contributed by atoms with Crippen molar-refractivity contribution in [3.63, 3.8) is 0 Å². The second-order valence-corrected chi connectivity index (χ2v) is 33.1. The molecular formula is C84H112N9O23S3+. The van der Waals surface area contributed by atoms with Gasteiger partial charge in [-0.25, -0.2) is 9.59 Å². The summed E-state index contributed by atoms with van der Waals surface area (Å²) in [6.45, 7) is 14.4. The van der Waals surface area contributed by atoms with Crippen molar-refractivity contribution >= 4 is 108 Å². The summed E-state index contributed by atoms with van der Waals surface area (Å²) in [4.78, 5) is 128. The lowest BCUT2D eigenvalue weighted by Gasteiger charge is -2.27. The van der Waals surface area contributed by atoms with E-state index in [4.69, 9.17) is 53.1 Å². The summed E-state index contributed by atoms with van der Waals surface area (Å²) >= 11 is 0. The van der Waals surface area contributed by atoms with Crippen molar-refractivity contribution in [2.45, 2.75) is 235 Å². The van der Waals surface area contributed by atoms with Crippen LogP contribution in [-0.4, -0.2) is 163 Å². The number of amides is 4. The van der Waals surface area contributed by atoms with Crippen molar-refractivity contribution in [3.05, 3.63) is 160 Å². The molecule has 35 heteroatoms. The first-order chi connectivity index (χ1) is 56.4. The van der Waals surface area contributed by atoms with Gasteiger partial charge < -0.3 is 52.6 Å². The summed E-state index contributed by atoms with van der Waals surface area (Å²) in [7, 11) is -12.1. The number of nitrogens with two attached hydrogens (primary N) is 2. The summed E-state index contributed by atoms with van der Waals surface area (Å²) in [5.74, 6) is -3.05. The third-order valence-electron chi connectivity index (χ3n) is 20.4. The third-order valence-corrected chi connectivity index (χ3v) is 22.1. The average Bonchev–Trinajstić information content (AvgIpc) is 1.59. The van der Waals surface area contributed by atoms with Crippen molar-refractivity contribution < 1.29 is 111 Å². The lowest BCUT2D eigenvalue weighted by molar-refractivity contribution is -0.438. The van der Waals surface area contributed by atoms with Gasteiger partial charge in [-0.15, -0.1) is 12.6 Å². The van der Waals surface area contributed by atoms with E-state index in [1.54, 1.807) is 24.3 Å². The van der Waals surface area contributed by atoms with Crippen LogP contribution in [0, 0.1) is 5.92 Å². The number of unbranched alkanes of at least 4 members (excludes halogenated alkanes) is 8. The number of anilines is 1. The first-order valence-corrected chi connectivity index (χ1v) is 43.5. The van der Waals surface area contributed by atoms with Crippen molar-refractivity contribution in [3.8, 4) is 5.75 Å². The maximum Gasteiger partial charge on any atom is 0.425 e. The first-order valence-electron chi connectivity index (χ1n) is 39.6. The van der Waals surface area contributed by atoms with E-state index in [1.165, 1.54) is 12.1 Å². The molecule has 648 valence electrons. The number of benzene rings is 4. The van der Waals surface area contributed by atoms with E-state index in [2.05, 4.69) is 87.7 Å². The number of hydrogen-bond acceptors (Lipinski definition) is 21. The highest BCUT2D eigenvalue weighted by Crippen LogP contribution is 2.49. The van der Waals surface area contributed by atoms with Crippen LogP contribution in [0.3, 0.4) is 0 Å². The van der Waals surface area contributed by atoms with E-state index in [1.807, 2.05) is 68.4 Å². The van der Waals surface area contributed by atoms with Gasteiger partial charge in [0.05, 0.1) is 21.2 Å². The number of fused-ring (bicyclic) bond motifs is 2. The summed E-state index contributed by atoms with van der Waals surface area (Å²) in [5.41, 5.74) is 18.8. The fourth-order valence-corrected chi connectivity index (χ4v) is 15.3. The normalized spacial score (nSPS) is 15.1. The van der Waals surface area contributed by atoms with Crippen LogP contribution in [-0.2, 0) is 102 Å². The zero-order valence-electron chi connectivity index (χ0n) is 68.2. The van der Waals surface area contributed by atoms with Gasteiger partial charge in [0.25, 0.3) is 20.2 Å². The van der Waals surface area contributed by atoms with E-state index >= 15 is 0 Å². The van der Waals surface area contributed by atoms with Crippen molar-refractivity contribution in [2.75, 3.05) is 37.6 Å². The molecule has 7 rings (SSSR count). The van der Waals surface area contributed by atoms with Crippen molar-refractivity contribution in [2.24, 2.45) is 22.4 Å². The van der Waals surface area contributed by atoms with Crippen LogP contribution >= 0.6 is 0 Å². The van der Waals surface area contributed by atoms with Crippen LogP contribution in [0.1, 0.15) is 211 Å². The molecule has 0 bridgehead atoms. The first kappa shape index (κ1) is 100. The second kappa shape index (κ2) is 50.7. The smallest absolute Gasteiger partial charge is 0.425 e. The molecule has 0 aromatic heterocycles. The van der Waals surface area contributed by atoms with Crippen LogP contribution in [0.25, 0.3) is 0 Å². The number of hydrogen-bond donors (Lipinski definition) is 10. The number of carbonyl (C=O) groups is 7. The molecule has 0 radical (unpaired) electrons. The lowest BCUT2D eigenvalue weighted by Crippen LogP contribution is -2.46. The number of ketones is 2. The third kappa shape index (κ3) is 34.1. The van der Waals surface area contributed by atoms with Gasteiger partial charge in [-0.05, 0) is 180 Å². The number of ether oxygens (including phenoxy) is 1. The van der Waals surface area contributed by atoms with E-state index in [9.17, 15) is 64.6 Å². The minimum Gasteiger partial charge on any atom is -0.481 e. The molecule has 4 aromatic carbocycles. The number of nitrogens with one attached hydrogen (secondary N) is 4. The number of carboxylic acid groups (broad SMARTS) is 2. The average molecular weight is 1710 g/mol. The molecule has 0 saturated heterocycles. The number of urea groups is 1. The fraction of sp³-hybridized carbons (Fsp3) is 0.488. The van der Waals surface area contributed by atoms with Gasteiger partial charge in [-0.1, -0.05) is 115 Å². The van der Waals surface area contributed by atoms with Crippen LogP contribution < -0.4 is 42.4 Å². The number of nitrogens with zero attached hydrogens (tertiary/aromatic N) is 3. The van der Waals surface area contributed by atoms with Gasteiger partial charge in [0.15, 0.2) is 17.5 Å². The summed E-state index contributed by atoms with van der Waals surface area (Å²) in [6, 6.07) is 23.5. The largest absolute Gasteiger partial charge is 0.481 e. The molecule has 4 aromatic rings. The molecule has 3 aliphatic rings. The predicted molar refractivity (Wildman–Crippen MR) is 441 cm³/mol. The van der Waals surface area contributed by atoms with E-state index in [-0.39, 0.29) is 110 Å². The van der Waals surface area contributed by atoms with E-state index in [0.29, 0.717) is 76.0 Å². The lowest BCUT2D eigenvalue weighted by atomic mass is 9.81. The maximum atomic E-state index is 14.5. The predicted octanol–water partition coefficient (Wildman–Crippen LogP) is 10.2. The second-order valence-electron chi connectivity index (χ2n) is 29.9. The van der Waals surface area contributed by atoms with Gasteiger partial charge in [-0.2, -0.15) is 40.6 Å². The molecule has 0 saturated carbocycles. The van der Waals surface area contributed by atoms with Gasteiger partial charge in [0.2, 0.25) is 17.5 Å². The molecule has 0 unspecified atom stereocenters. The molecule has 1 aliphatic carbocycles. The molecule has 12 N–H and O–H groups in total. The topological polar surface area (TPSA) is 516 Å². The molecule has 2 aliphatic heterocycles. The highest BCUT2D eigenvalue weighted by molar-refractivity contribution is 7.86. The van der Waals surface area contributed by atoms with Gasteiger partial charge >= 0.3 is 40.9 Å². The zero-order valence-corrected chi connectivity index (χ0v) is 70.6. The Morgan fingerprint density at radius 2 is 1.26 bits per heavy atom. The highest BCUT2D eigenvalue weighted by atomic mass is 32.2. The van der Waals surface area contributed by atoms with Gasteiger partial charge in [0.1, 0.15) is 29.9 Å². The molecule has 0 fully saturated rings. The molecule has 3 atom stereocenters. The number of aliphatic carboxylic acids is 2. The number of allylic oxidation sites excluding steroid dienone is 7. The Hall–Kier alpha value is -10.9. The standard InChI is InChI=1S/C82H111N9O16S2.2CO2.O3S/c1-7-9-20-51-91-70-42-39-64(109(104,105)106)55-66(70)82(5,6)73(91)44-35-59-27-21-26-58(34-43-72-81(3,4)65-54-63(108(101,102)103)38-41-69(65)90(72)50-10-8-2)76(59)107-62-36-32-56(33-37-62)46-49-85-77(97)60(28-22-47-86-79(83)84)53-71(93)68(52-57-24-16-15-17-25-57)88-74(94)31-19-14-12-11-13-18-29-61(92)30-23-48-87-80(100)89-67(78(98)99)40-45-75(95)96;2*2-1-3;1-4(2)3/h15-17,24-25,32-39,41-44,54-55,60,67-68H,7-14,18-23,26-31,40,45-53H2,1-6H3,(H11-,83,84,85,86,87,88,89,94,95,96,97,98,99,100,101,102,103,104,105,106);;;/p+1/t60-,67-,68+;;;/m1.../s1. The molecule has 119 heavy (non-hydrogen) atoms. The molecule has 32 nitrogen and oxygen atoms in total. The quantitative estimate of drug-likeness (QED) is 0.00646. The summed E-state index contributed by atoms with van der Waals surface area (Å²) < 4.78 is 105. The minimum atomic E-state index is -4.49. The molecule has 0 spiro atoms. The molecule has 4 amide bonds. The number of guanidine groups is 1. The van der Waals surface area contributed by atoms with E-state index < -0.39 is 84.1 Å². The number of Topliss-reactive ketones (excluding diaryl/α,β-unsaturated/α-hetero) is 2. The highest BCUT2D eigenvalue weighted by Gasteiger charge is 2.46. The van der Waals surface area contributed by atoms with Gasteiger partial charge in [0, 0.05) is 105 Å². The van der Waals surface area contributed by atoms with Crippen LogP contribution in [0.15, 0.2) is 153 Å². The zero-order chi connectivity index (χ0) is 88.5. The summed E-state index contributed by atoms with van der Waals surface area (Å²) in [6.07, 6.45) is 21.9. The Morgan fingerprint density at radius 3 is 1.87 bits per heavy atom. The monoisotopic (exact) mass is 1710 g/mol. The Morgan fingerprint density at radius 1 is 0.655 bits per heavy atom. The Labute approximate surface area is 696 Å². The Kier molecular flexibility index (Phi) is 42.8. The number of aliphatic imine (C=N–C) groups is 1. The Balaban J connectivity index is 0.00000282. The maximum absolute atomic E-state index is 14.5. The van der Waals surface area contributed by atoms with Crippen LogP contribution in [0.4, 0.5) is 16.2 Å². The minimum absolute atomic E-state index is 0.0348. The van der Waals surface area contributed by atoms with Crippen LogP contribution in [0.2, 0.25) is 0 Å². The van der Waals surface area contributed by atoms with Crippen molar-refractivity contribution in [1.82, 2.24) is 21.3 Å². The number of carbonyl (C=O) groups excluding carboxylic acids is 9. The summed E-state index contributed by atoms with van der Waals surface area (Å²) in [5, 5.41) is 28.9. The molecular weight excluding hydrogens is 1600 g/mol. The molecule has 2 heterocycles. The number of rotatable bonds is 46. The van der Waals surface area contributed by atoms with Crippen LogP contribution in [0.5, 0.6) is 5.75 Å². The fourth-order valence-electron chi connectivity index (χ4n) is 14.3. The Bertz CT molecular complexity index is 4760.